The van der Waals surface area contributed by atoms with E-state index in [2.05, 4.69) is 4.74 Å². The lowest BCUT2D eigenvalue weighted by Crippen LogP contribution is -2.33. The summed E-state index contributed by atoms with van der Waals surface area (Å²) in [5.74, 6) is -2.45. The second-order valence-corrected chi connectivity index (χ2v) is 2.67. The molecule has 0 aromatic carbocycles. The van der Waals surface area contributed by atoms with Gasteiger partial charge in [0.1, 0.15) is 18.2 Å². The molecular weight excluding hydrogens is 226 g/mol. The fraction of sp³-hybridized carbons (Fsp3) is 0.625. The largest absolute Gasteiger partial charge is 0.480 e. The summed E-state index contributed by atoms with van der Waals surface area (Å²) in [4.78, 5) is 32.0. The van der Waals surface area contributed by atoms with Crippen LogP contribution in [0.2, 0.25) is 0 Å². The van der Waals surface area contributed by atoms with Gasteiger partial charge in [0, 0.05) is 6.42 Å². The van der Waals surface area contributed by atoms with E-state index in [4.69, 9.17) is 10.8 Å². The van der Waals surface area contributed by atoms with Crippen molar-refractivity contribution in [3.05, 3.63) is 0 Å². The third-order valence-electron chi connectivity index (χ3n) is 1.41. The molecule has 0 aliphatic carbocycles. The number of esters is 1. The van der Waals surface area contributed by atoms with Gasteiger partial charge in [-0.2, -0.15) is 0 Å². The van der Waals surface area contributed by atoms with Crippen molar-refractivity contribution in [1.29, 1.82) is 0 Å². The van der Waals surface area contributed by atoms with Crippen LogP contribution in [-0.2, 0) is 19.1 Å². The lowest BCUT2D eigenvalue weighted by molar-refractivity contribution is -0.147. The number of ketones is 1. The van der Waals surface area contributed by atoms with Gasteiger partial charge in [-0.1, -0.05) is 0 Å². The number of carbonyl (C=O) groups is 3. The molecule has 0 aromatic heterocycles. The first-order valence-corrected chi connectivity index (χ1v) is 4.13. The van der Waals surface area contributed by atoms with E-state index in [1.54, 1.807) is 6.92 Å². The van der Waals surface area contributed by atoms with Crippen molar-refractivity contribution in [3.8, 4) is 0 Å². The van der Waals surface area contributed by atoms with Gasteiger partial charge in [-0.15, -0.1) is 12.4 Å². The second kappa shape index (κ2) is 8.19. The summed E-state index contributed by atoms with van der Waals surface area (Å²) in [5, 5.41) is 8.37. The highest BCUT2D eigenvalue weighted by Gasteiger charge is 2.18. The van der Waals surface area contributed by atoms with Crippen molar-refractivity contribution >= 4 is 30.1 Å². The van der Waals surface area contributed by atoms with E-state index in [1.807, 2.05) is 0 Å². The summed E-state index contributed by atoms with van der Waals surface area (Å²) >= 11 is 0. The molecule has 0 saturated carbocycles. The summed E-state index contributed by atoms with van der Waals surface area (Å²) in [7, 11) is 0. The number of carboxylic acids is 1. The molecule has 88 valence electrons. The van der Waals surface area contributed by atoms with Crippen LogP contribution >= 0.6 is 12.4 Å². The number of carboxylic acid groups (broad SMARTS) is 1. The van der Waals surface area contributed by atoms with Crippen molar-refractivity contribution in [2.24, 2.45) is 5.73 Å². The molecule has 15 heavy (non-hydrogen) atoms. The van der Waals surface area contributed by atoms with E-state index in [0.717, 1.165) is 0 Å². The highest BCUT2D eigenvalue weighted by atomic mass is 35.5. The average molecular weight is 240 g/mol. The molecule has 0 radical (unpaired) electrons. The Morgan fingerprint density at radius 3 is 2.33 bits per heavy atom. The van der Waals surface area contributed by atoms with Crippen LogP contribution < -0.4 is 5.73 Å². The first kappa shape index (κ1) is 16.3. The fourth-order valence-electron chi connectivity index (χ4n) is 0.778. The van der Waals surface area contributed by atoms with E-state index in [1.165, 1.54) is 0 Å². The monoisotopic (exact) mass is 239 g/mol. The molecule has 0 fully saturated rings. The van der Waals surface area contributed by atoms with Crippen molar-refractivity contribution in [2.75, 3.05) is 6.61 Å². The number of rotatable bonds is 6. The fourth-order valence-corrected chi connectivity index (χ4v) is 0.778. The summed E-state index contributed by atoms with van der Waals surface area (Å²) in [6, 6.07) is -1.25. The zero-order chi connectivity index (χ0) is 11.1. The van der Waals surface area contributed by atoms with E-state index in [-0.39, 0.29) is 25.4 Å². The van der Waals surface area contributed by atoms with Gasteiger partial charge in [0.25, 0.3) is 0 Å². The van der Waals surface area contributed by atoms with Crippen LogP contribution in [0.4, 0.5) is 0 Å². The van der Waals surface area contributed by atoms with Crippen LogP contribution in [0.1, 0.15) is 19.8 Å². The SMILES string of the molecule is CCOC(=O)CC(=O)C[C@@H](N)C(=O)O.Cl. The van der Waals surface area contributed by atoms with E-state index in [0.29, 0.717) is 0 Å². The third-order valence-corrected chi connectivity index (χ3v) is 1.41. The van der Waals surface area contributed by atoms with Crippen LogP contribution in [-0.4, -0.2) is 35.5 Å². The molecule has 0 aliphatic heterocycles. The molecule has 3 N–H and O–H groups in total. The predicted octanol–water partition coefficient (Wildman–Crippen LogP) is -0.267. The van der Waals surface area contributed by atoms with E-state index in [9.17, 15) is 14.4 Å². The molecule has 7 heteroatoms. The number of nitrogens with two attached hydrogens (primary N) is 1. The maximum Gasteiger partial charge on any atom is 0.320 e. The van der Waals surface area contributed by atoms with Crippen LogP contribution in [0.15, 0.2) is 0 Å². The molecule has 0 amide bonds. The molecule has 0 unspecified atom stereocenters. The summed E-state index contributed by atoms with van der Waals surface area (Å²) < 4.78 is 4.51. The zero-order valence-corrected chi connectivity index (χ0v) is 9.08. The molecule has 0 bridgehead atoms. The third kappa shape index (κ3) is 7.90. The van der Waals surface area contributed by atoms with Gasteiger partial charge in [-0.05, 0) is 6.92 Å². The van der Waals surface area contributed by atoms with E-state index < -0.39 is 30.2 Å². The normalized spacial score (nSPS) is 11.1. The molecule has 0 heterocycles. The second-order valence-electron chi connectivity index (χ2n) is 2.67. The first-order valence-electron chi connectivity index (χ1n) is 4.13. The highest BCUT2D eigenvalue weighted by Crippen LogP contribution is 1.96. The smallest absolute Gasteiger partial charge is 0.320 e. The topological polar surface area (TPSA) is 107 Å². The minimum Gasteiger partial charge on any atom is -0.480 e. The van der Waals surface area contributed by atoms with Crippen molar-refractivity contribution < 1.29 is 24.2 Å². The Morgan fingerprint density at radius 2 is 1.93 bits per heavy atom. The van der Waals surface area contributed by atoms with Gasteiger partial charge >= 0.3 is 11.9 Å². The maximum absolute atomic E-state index is 11.0. The summed E-state index contributed by atoms with van der Waals surface area (Å²) in [6.45, 7) is 1.81. The number of hydrogen-bond donors (Lipinski definition) is 2. The van der Waals surface area contributed by atoms with Gasteiger partial charge in [0.15, 0.2) is 0 Å². The molecule has 0 spiro atoms. The number of Topliss-reactive ketones (excluding diaryl/α,β-unsaturated/α-hetero) is 1. The molecule has 1 atom stereocenters. The Hall–Kier alpha value is -1.14. The standard InChI is InChI=1S/C8H13NO5.ClH/c1-2-14-7(11)4-5(10)3-6(9)8(12)13;/h6H,2-4,9H2,1H3,(H,12,13);1H/t6-;/m1./s1. The molecule has 0 saturated heterocycles. The van der Waals surface area contributed by atoms with Gasteiger partial charge in [-0.3, -0.25) is 14.4 Å². The Kier molecular flexibility index (Phi) is 8.90. The number of aliphatic carboxylic acids is 1. The maximum atomic E-state index is 11.0. The number of ether oxygens (including phenoxy) is 1. The first-order chi connectivity index (χ1) is 6.47. The number of hydrogen-bond acceptors (Lipinski definition) is 5. The van der Waals surface area contributed by atoms with Crippen molar-refractivity contribution in [2.45, 2.75) is 25.8 Å². The van der Waals surface area contributed by atoms with Crippen LogP contribution in [0.5, 0.6) is 0 Å². The molecule has 0 aliphatic rings. The predicted molar refractivity (Wildman–Crippen MR) is 53.7 cm³/mol. The highest BCUT2D eigenvalue weighted by molar-refractivity contribution is 5.97. The zero-order valence-electron chi connectivity index (χ0n) is 8.26. The Labute approximate surface area is 93.2 Å². The molecule has 6 nitrogen and oxygen atoms in total. The molecule has 0 rings (SSSR count). The Balaban J connectivity index is 0. The van der Waals surface area contributed by atoms with Crippen molar-refractivity contribution in [1.82, 2.24) is 0 Å². The Morgan fingerprint density at radius 1 is 1.40 bits per heavy atom. The minimum absolute atomic E-state index is 0. The van der Waals surface area contributed by atoms with Gasteiger partial charge in [0.05, 0.1) is 6.61 Å². The van der Waals surface area contributed by atoms with E-state index >= 15 is 0 Å². The van der Waals surface area contributed by atoms with Crippen LogP contribution in [0.3, 0.4) is 0 Å². The molecule has 0 aromatic rings. The minimum atomic E-state index is -1.26. The molecular formula is C8H14ClNO5. The lowest BCUT2D eigenvalue weighted by Gasteiger charge is -2.04. The summed E-state index contributed by atoms with van der Waals surface area (Å²) in [5.41, 5.74) is 5.09. The summed E-state index contributed by atoms with van der Waals surface area (Å²) in [6.07, 6.45) is -0.775. The number of halogens is 1. The lowest BCUT2D eigenvalue weighted by atomic mass is 10.1. The Bertz CT molecular complexity index is 243. The number of carbonyl (C=O) groups excluding carboxylic acids is 2. The van der Waals surface area contributed by atoms with Crippen LogP contribution in [0.25, 0.3) is 0 Å². The van der Waals surface area contributed by atoms with Gasteiger partial charge in [-0.25, -0.2) is 0 Å². The quantitative estimate of drug-likeness (QED) is 0.488. The van der Waals surface area contributed by atoms with Gasteiger partial charge < -0.3 is 15.6 Å². The van der Waals surface area contributed by atoms with Crippen molar-refractivity contribution in [3.63, 3.8) is 0 Å². The van der Waals surface area contributed by atoms with Gasteiger partial charge in [0.2, 0.25) is 0 Å². The average Bonchev–Trinajstić information content (AvgIpc) is 2.03. The van der Waals surface area contributed by atoms with Crippen LogP contribution in [0, 0.1) is 0 Å².